The van der Waals surface area contributed by atoms with Crippen LogP contribution in [0.3, 0.4) is 0 Å². The van der Waals surface area contributed by atoms with Gasteiger partial charge in [0.05, 0.1) is 11.5 Å². The summed E-state index contributed by atoms with van der Waals surface area (Å²) >= 11 is 5.14. The highest BCUT2D eigenvalue weighted by Crippen LogP contribution is 2.36. The number of non-ortho nitro benzene ring substituents is 1. The van der Waals surface area contributed by atoms with Crippen LogP contribution >= 0.6 is 12.2 Å². The van der Waals surface area contributed by atoms with Gasteiger partial charge in [-0.2, -0.15) is 0 Å². The lowest BCUT2D eigenvalue weighted by atomic mass is 10.0. The van der Waals surface area contributed by atoms with E-state index >= 15 is 0 Å². The largest absolute Gasteiger partial charge is 0.490 e. The number of hydrogen-bond donors (Lipinski definition) is 0. The first-order valence-electron chi connectivity index (χ1n) is 10.8. The van der Waals surface area contributed by atoms with E-state index < -0.39 is 16.7 Å². The molecule has 0 saturated carbocycles. The minimum Gasteiger partial charge on any atom is -0.490 e. The van der Waals surface area contributed by atoms with E-state index in [1.165, 1.54) is 42.1 Å². The van der Waals surface area contributed by atoms with Crippen LogP contribution in [0.4, 0.5) is 5.69 Å². The molecule has 10 heteroatoms. The molecule has 0 radical (unpaired) electrons. The van der Waals surface area contributed by atoms with Gasteiger partial charge in [-0.05, 0) is 54.9 Å². The molecule has 1 fully saturated rings. The van der Waals surface area contributed by atoms with Gasteiger partial charge in [0.2, 0.25) is 0 Å². The maximum atomic E-state index is 12.7. The van der Waals surface area contributed by atoms with Crippen LogP contribution in [0.1, 0.15) is 23.6 Å². The molecule has 2 amide bonds. The molecule has 0 spiro atoms. The van der Waals surface area contributed by atoms with Crippen molar-refractivity contribution in [3.8, 4) is 11.5 Å². The topological polar surface area (TPSA) is 102 Å². The van der Waals surface area contributed by atoms with Gasteiger partial charge < -0.3 is 9.47 Å². The molecule has 0 aromatic heterocycles. The van der Waals surface area contributed by atoms with Crippen LogP contribution in [0.15, 0.2) is 54.6 Å². The minimum absolute atomic E-state index is 0.0270. The number of benzene rings is 2. The van der Waals surface area contributed by atoms with Crippen molar-refractivity contribution in [3.05, 3.63) is 81.4 Å². The average molecular weight is 496 g/mol. The van der Waals surface area contributed by atoms with Crippen LogP contribution in [0.2, 0.25) is 0 Å². The van der Waals surface area contributed by atoms with Crippen molar-refractivity contribution in [2.75, 3.05) is 20.7 Å². The Balaban J connectivity index is 2.01. The molecule has 1 heterocycles. The number of likely N-dealkylation sites (N-methyl/N-ethyl adjacent to an activating group) is 2. The number of carbonyl (C=O) groups excluding carboxylic acids is 2. The fraction of sp³-hybridized carbons (Fsp3) is 0.240. The zero-order valence-electron chi connectivity index (χ0n) is 19.6. The van der Waals surface area contributed by atoms with Crippen LogP contribution < -0.4 is 9.47 Å². The third-order valence-corrected chi connectivity index (χ3v) is 5.83. The van der Waals surface area contributed by atoms with Crippen molar-refractivity contribution in [2.24, 2.45) is 0 Å². The lowest BCUT2D eigenvalue weighted by molar-refractivity contribution is -0.384. The molecule has 0 atom stereocenters. The lowest BCUT2D eigenvalue weighted by Gasteiger charge is -2.31. The molecule has 2 aromatic carbocycles. The van der Waals surface area contributed by atoms with Gasteiger partial charge in [-0.15, -0.1) is 6.58 Å². The Bertz CT molecular complexity index is 1210. The SMILES string of the molecule is C=CCc1cc(C=C2C(=O)N(C)C(=S)N(C)C2=O)cc(OCC)c1OCc1cccc([N+](=O)[O-])c1. The van der Waals surface area contributed by atoms with E-state index in [4.69, 9.17) is 21.7 Å². The summed E-state index contributed by atoms with van der Waals surface area (Å²) in [5.74, 6) is -0.117. The quantitative estimate of drug-likeness (QED) is 0.130. The summed E-state index contributed by atoms with van der Waals surface area (Å²) in [6.07, 6.45) is 3.62. The first-order valence-corrected chi connectivity index (χ1v) is 11.2. The van der Waals surface area contributed by atoms with E-state index in [9.17, 15) is 19.7 Å². The molecule has 182 valence electrons. The summed E-state index contributed by atoms with van der Waals surface area (Å²) in [5, 5.41) is 11.2. The van der Waals surface area contributed by atoms with Crippen LogP contribution in [-0.4, -0.2) is 52.4 Å². The molecular formula is C25H25N3O6S. The molecule has 1 aliphatic heterocycles. The minimum atomic E-state index is -0.493. The molecule has 0 aliphatic carbocycles. The normalized spacial score (nSPS) is 13.7. The third kappa shape index (κ3) is 5.55. The van der Waals surface area contributed by atoms with Gasteiger partial charge in [0, 0.05) is 31.8 Å². The second-order valence-corrected chi connectivity index (χ2v) is 8.08. The molecule has 2 aromatic rings. The highest BCUT2D eigenvalue weighted by molar-refractivity contribution is 7.80. The number of nitrogens with zero attached hydrogens (tertiary/aromatic N) is 3. The van der Waals surface area contributed by atoms with Crippen LogP contribution in [0.25, 0.3) is 6.08 Å². The predicted octanol–water partition coefficient (Wildman–Crippen LogP) is 3.90. The zero-order valence-corrected chi connectivity index (χ0v) is 20.5. The van der Waals surface area contributed by atoms with E-state index in [0.717, 1.165) is 5.56 Å². The molecular weight excluding hydrogens is 470 g/mol. The molecule has 3 rings (SSSR count). The summed E-state index contributed by atoms with van der Waals surface area (Å²) in [6, 6.07) is 9.65. The van der Waals surface area contributed by atoms with Gasteiger partial charge in [0.15, 0.2) is 16.6 Å². The Morgan fingerprint density at radius 3 is 2.40 bits per heavy atom. The van der Waals surface area contributed by atoms with Crippen molar-refractivity contribution in [2.45, 2.75) is 20.0 Å². The van der Waals surface area contributed by atoms with Crippen molar-refractivity contribution in [1.29, 1.82) is 0 Å². The number of amides is 2. The third-order valence-electron chi connectivity index (χ3n) is 5.28. The first-order chi connectivity index (χ1) is 16.7. The molecule has 1 aliphatic rings. The number of allylic oxidation sites excluding steroid dienone is 1. The molecule has 9 nitrogen and oxygen atoms in total. The lowest BCUT2D eigenvalue weighted by Crippen LogP contribution is -2.52. The highest BCUT2D eigenvalue weighted by atomic mass is 32.1. The highest BCUT2D eigenvalue weighted by Gasteiger charge is 2.35. The predicted molar refractivity (Wildman–Crippen MR) is 135 cm³/mol. The molecule has 0 bridgehead atoms. The number of hydrogen-bond acceptors (Lipinski definition) is 7. The zero-order chi connectivity index (χ0) is 25.7. The Morgan fingerprint density at radius 1 is 1.11 bits per heavy atom. The number of nitro groups is 1. The van der Waals surface area contributed by atoms with Gasteiger partial charge in [0.1, 0.15) is 12.2 Å². The van der Waals surface area contributed by atoms with Crippen molar-refractivity contribution in [1.82, 2.24) is 9.80 Å². The Labute approximate surface area is 208 Å². The molecule has 0 unspecified atom stereocenters. The van der Waals surface area contributed by atoms with E-state index in [1.807, 2.05) is 6.92 Å². The first kappa shape index (κ1) is 25.6. The summed E-state index contributed by atoms with van der Waals surface area (Å²) in [6.45, 7) is 6.04. The van der Waals surface area contributed by atoms with Gasteiger partial charge >= 0.3 is 0 Å². The fourth-order valence-corrected chi connectivity index (χ4v) is 3.72. The maximum Gasteiger partial charge on any atom is 0.269 e. The summed E-state index contributed by atoms with van der Waals surface area (Å²) in [7, 11) is 3.03. The average Bonchev–Trinajstić information content (AvgIpc) is 2.84. The smallest absolute Gasteiger partial charge is 0.269 e. The Kier molecular flexibility index (Phi) is 7.98. The van der Waals surface area contributed by atoms with Crippen molar-refractivity contribution >= 4 is 40.9 Å². The van der Waals surface area contributed by atoms with Gasteiger partial charge in [-0.25, -0.2) is 0 Å². The number of thiocarbonyl (C=S) groups is 1. The Morgan fingerprint density at radius 2 is 1.80 bits per heavy atom. The van der Waals surface area contributed by atoms with Crippen molar-refractivity contribution < 1.29 is 24.0 Å². The maximum absolute atomic E-state index is 12.7. The summed E-state index contributed by atoms with van der Waals surface area (Å²) in [4.78, 5) is 38.5. The molecule has 35 heavy (non-hydrogen) atoms. The number of rotatable bonds is 9. The van der Waals surface area contributed by atoms with Gasteiger partial charge in [0.25, 0.3) is 17.5 Å². The van der Waals surface area contributed by atoms with E-state index in [1.54, 1.807) is 30.3 Å². The van der Waals surface area contributed by atoms with Crippen molar-refractivity contribution in [3.63, 3.8) is 0 Å². The van der Waals surface area contributed by atoms with E-state index in [2.05, 4.69) is 6.58 Å². The van der Waals surface area contributed by atoms with Crippen LogP contribution in [0, 0.1) is 10.1 Å². The monoisotopic (exact) mass is 495 g/mol. The number of nitro benzene ring substituents is 1. The Hall–Kier alpha value is -4.05. The molecule has 1 saturated heterocycles. The fourth-order valence-electron chi connectivity index (χ4n) is 3.56. The molecule has 0 N–H and O–H groups in total. The standard InChI is InChI=1S/C25H25N3O6S/c1-5-8-18-11-17(13-20-23(29)26(3)25(35)27(4)24(20)30)14-21(33-6-2)22(18)34-15-16-9-7-10-19(12-16)28(31)32/h5,7,9-14H,1,6,8,15H2,2-4H3. The number of carbonyl (C=O) groups is 2. The number of ether oxygens (including phenoxy) is 2. The van der Waals surface area contributed by atoms with Gasteiger partial charge in [-0.3, -0.25) is 29.5 Å². The second kappa shape index (κ2) is 10.9. The van der Waals surface area contributed by atoms with Crippen LogP contribution in [-0.2, 0) is 22.6 Å². The van der Waals surface area contributed by atoms with E-state index in [0.29, 0.717) is 35.7 Å². The summed E-state index contributed by atoms with van der Waals surface area (Å²) < 4.78 is 11.9. The summed E-state index contributed by atoms with van der Waals surface area (Å²) in [5.41, 5.74) is 1.86. The van der Waals surface area contributed by atoms with E-state index in [-0.39, 0.29) is 23.0 Å². The van der Waals surface area contributed by atoms with Crippen LogP contribution in [0.5, 0.6) is 11.5 Å². The van der Waals surface area contributed by atoms with Gasteiger partial charge in [-0.1, -0.05) is 18.2 Å². The second-order valence-electron chi connectivity index (χ2n) is 7.72.